The summed E-state index contributed by atoms with van der Waals surface area (Å²) in [5.74, 6) is -2.55. The van der Waals surface area contributed by atoms with Crippen molar-refractivity contribution in [2.75, 3.05) is 6.61 Å². The van der Waals surface area contributed by atoms with Gasteiger partial charge in [0.15, 0.2) is 5.78 Å². The van der Waals surface area contributed by atoms with Crippen LogP contribution in [-0.2, 0) is 14.3 Å². The maximum absolute atomic E-state index is 12.8. The SMILES string of the molecule is CCOC(=O)CC(=O)C(=Cc1ccccc1)N1C(=O)c2ccccc2C1=O. The van der Waals surface area contributed by atoms with E-state index in [0.717, 1.165) is 4.90 Å². The van der Waals surface area contributed by atoms with Gasteiger partial charge < -0.3 is 4.74 Å². The Morgan fingerprint density at radius 3 is 2.04 bits per heavy atom. The standard InChI is InChI=1S/C21H17NO5/c1-2-27-19(24)13-18(23)17(12-14-8-4-3-5-9-14)22-20(25)15-10-6-7-11-16(15)21(22)26/h3-12H,2,13H2,1H3. The van der Waals surface area contributed by atoms with E-state index in [1.807, 2.05) is 0 Å². The molecule has 1 aliphatic heterocycles. The molecular formula is C21H17NO5. The minimum absolute atomic E-state index is 0.136. The van der Waals surface area contributed by atoms with Gasteiger partial charge in [-0.3, -0.25) is 19.2 Å². The fourth-order valence-electron chi connectivity index (χ4n) is 2.82. The summed E-state index contributed by atoms with van der Waals surface area (Å²) in [4.78, 5) is 50.8. The summed E-state index contributed by atoms with van der Waals surface area (Å²) in [6.45, 7) is 1.77. The minimum atomic E-state index is -0.710. The van der Waals surface area contributed by atoms with Gasteiger partial charge in [-0.2, -0.15) is 0 Å². The summed E-state index contributed by atoms with van der Waals surface area (Å²) in [6.07, 6.45) is 0.878. The molecule has 0 fully saturated rings. The van der Waals surface area contributed by atoms with Crippen LogP contribution in [0, 0.1) is 0 Å². The molecule has 27 heavy (non-hydrogen) atoms. The van der Waals surface area contributed by atoms with Gasteiger partial charge >= 0.3 is 5.97 Å². The van der Waals surface area contributed by atoms with Crippen molar-refractivity contribution in [1.29, 1.82) is 0 Å². The van der Waals surface area contributed by atoms with Crippen molar-refractivity contribution < 1.29 is 23.9 Å². The Morgan fingerprint density at radius 1 is 0.926 bits per heavy atom. The number of imide groups is 1. The third-order valence-corrected chi connectivity index (χ3v) is 4.03. The van der Waals surface area contributed by atoms with E-state index in [4.69, 9.17) is 4.74 Å². The van der Waals surface area contributed by atoms with Crippen LogP contribution in [0.3, 0.4) is 0 Å². The highest BCUT2D eigenvalue weighted by Crippen LogP contribution is 2.28. The van der Waals surface area contributed by atoms with E-state index in [1.165, 1.54) is 18.2 Å². The summed E-state index contributed by atoms with van der Waals surface area (Å²) < 4.78 is 4.82. The molecule has 1 heterocycles. The minimum Gasteiger partial charge on any atom is -0.466 e. The maximum Gasteiger partial charge on any atom is 0.313 e. The van der Waals surface area contributed by atoms with Crippen molar-refractivity contribution in [3.8, 4) is 0 Å². The van der Waals surface area contributed by atoms with Gasteiger partial charge in [0.05, 0.1) is 23.4 Å². The van der Waals surface area contributed by atoms with E-state index < -0.39 is 30.0 Å². The molecule has 0 aromatic heterocycles. The number of amides is 2. The third-order valence-electron chi connectivity index (χ3n) is 4.03. The molecule has 0 spiro atoms. The van der Waals surface area contributed by atoms with E-state index in [0.29, 0.717) is 5.56 Å². The predicted octanol–water partition coefficient (Wildman–Crippen LogP) is 2.85. The number of nitrogens with zero attached hydrogens (tertiary/aromatic N) is 1. The van der Waals surface area contributed by atoms with Crippen molar-refractivity contribution in [2.45, 2.75) is 13.3 Å². The number of ether oxygens (including phenoxy) is 1. The van der Waals surface area contributed by atoms with Gasteiger partial charge in [0.2, 0.25) is 0 Å². The summed E-state index contributed by atoms with van der Waals surface area (Å²) in [5, 5.41) is 0. The smallest absolute Gasteiger partial charge is 0.313 e. The second-order valence-electron chi connectivity index (χ2n) is 5.84. The van der Waals surface area contributed by atoms with Crippen LogP contribution in [0.15, 0.2) is 60.3 Å². The van der Waals surface area contributed by atoms with Gasteiger partial charge in [-0.05, 0) is 30.7 Å². The first-order chi connectivity index (χ1) is 13.0. The van der Waals surface area contributed by atoms with Gasteiger partial charge in [0.25, 0.3) is 11.8 Å². The molecule has 0 radical (unpaired) electrons. The lowest BCUT2D eigenvalue weighted by Gasteiger charge is -2.17. The first kappa shape index (κ1) is 18.3. The number of benzene rings is 2. The Labute approximate surface area is 156 Å². The number of carbonyl (C=O) groups excluding carboxylic acids is 4. The Bertz CT molecular complexity index is 911. The lowest BCUT2D eigenvalue weighted by Crippen LogP contribution is -2.33. The third kappa shape index (κ3) is 3.69. The van der Waals surface area contributed by atoms with E-state index >= 15 is 0 Å². The Hall–Kier alpha value is -3.54. The van der Waals surface area contributed by atoms with Crippen molar-refractivity contribution in [2.24, 2.45) is 0 Å². The number of allylic oxidation sites excluding steroid dienone is 1. The summed E-state index contributed by atoms with van der Waals surface area (Å²) in [6, 6.07) is 15.2. The number of rotatable bonds is 6. The second kappa shape index (κ2) is 7.78. The van der Waals surface area contributed by atoms with E-state index in [-0.39, 0.29) is 23.4 Å². The number of hydrogen-bond donors (Lipinski definition) is 0. The quantitative estimate of drug-likeness (QED) is 0.341. The largest absolute Gasteiger partial charge is 0.466 e. The van der Waals surface area contributed by atoms with Gasteiger partial charge in [-0.1, -0.05) is 42.5 Å². The highest BCUT2D eigenvalue weighted by Gasteiger charge is 2.39. The summed E-state index contributed by atoms with van der Waals surface area (Å²) in [5.41, 5.74) is 0.928. The van der Waals surface area contributed by atoms with Crippen LogP contribution in [0.2, 0.25) is 0 Å². The number of esters is 1. The van der Waals surface area contributed by atoms with E-state index in [2.05, 4.69) is 0 Å². The van der Waals surface area contributed by atoms with Crippen LogP contribution >= 0.6 is 0 Å². The molecule has 0 bridgehead atoms. The molecule has 0 unspecified atom stereocenters. The van der Waals surface area contributed by atoms with Crippen molar-refractivity contribution in [3.05, 3.63) is 77.0 Å². The van der Waals surface area contributed by atoms with Crippen LogP contribution in [0.25, 0.3) is 6.08 Å². The van der Waals surface area contributed by atoms with Gasteiger partial charge in [-0.25, -0.2) is 4.90 Å². The fourth-order valence-corrected chi connectivity index (χ4v) is 2.82. The lowest BCUT2D eigenvalue weighted by atomic mass is 10.1. The molecule has 136 valence electrons. The monoisotopic (exact) mass is 363 g/mol. The zero-order valence-electron chi connectivity index (χ0n) is 14.7. The van der Waals surface area contributed by atoms with Crippen molar-refractivity contribution >= 4 is 29.6 Å². The number of hydrogen-bond acceptors (Lipinski definition) is 5. The molecule has 0 atom stereocenters. The zero-order chi connectivity index (χ0) is 19.4. The van der Waals surface area contributed by atoms with Crippen LogP contribution < -0.4 is 0 Å². The Balaban J connectivity index is 2.02. The van der Waals surface area contributed by atoms with E-state index in [9.17, 15) is 19.2 Å². The summed E-state index contributed by atoms with van der Waals surface area (Å²) >= 11 is 0. The molecule has 0 N–H and O–H groups in total. The fraction of sp³-hybridized carbons (Fsp3) is 0.143. The van der Waals surface area contributed by atoms with Crippen LogP contribution in [0.1, 0.15) is 39.6 Å². The molecule has 3 rings (SSSR count). The number of Topliss-reactive ketones (excluding diaryl/α,β-unsaturated/α-hetero) is 1. The van der Waals surface area contributed by atoms with Gasteiger partial charge in [0.1, 0.15) is 6.42 Å². The average molecular weight is 363 g/mol. The number of fused-ring (bicyclic) bond motifs is 1. The lowest BCUT2D eigenvalue weighted by molar-refractivity contribution is -0.145. The topological polar surface area (TPSA) is 80.8 Å². The maximum atomic E-state index is 12.8. The molecule has 6 nitrogen and oxygen atoms in total. The number of ketones is 1. The van der Waals surface area contributed by atoms with E-state index in [1.54, 1.807) is 49.4 Å². The second-order valence-corrected chi connectivity index (χ2v) is 5.84. The molecule has 0 saturated heterocycles. The molecule has 0 saturated carbocycles. The first-order valence-corrected chi connectivity index (χ1v) is 8.46. The molecular weight excluding hydrogens is 346 g/mol. The van der Waals surface area contributed by atoms with Gasteiger partial charge in [0, 0.05) is 0 Å². The molecule has 2 aromatic rings. The Kier molecular flexibility index (Phi) is 5.26. The molecule has 6 heteroatoms. The molecule has 1 aliphatic rings. The summed E-state index contributed by atoms with van der Waals surface area (Å²) in [7, 11) is 0. The molecule has 2 amide bonds. The Morgan fingerprint density at radius 2 is 1.48 bits per heavy atom. The predicted molar refractivity (Wildman–Crippen MR) is 97.6 cm³/mol. The van der Waals surface area contributed by atoms with Crippen LogP contribution in [0.5, 0.6) is 0 Å². The van der Waals surface area contributed by atoms with Crippen molar-refractivity contribution in [3.63, 3.8) is 0 Å². The number of carbonyl (C=O) groups is 4. The highest BCUT2D eigenvalue weighted by atomic mass is 16.5. The zero-order valence-corrected chi connectivity index (χ0v) is 14.7. The normalized spacial score (nSPS) is 13.5. The first-order valence-electron chi connectivity index (χ1n) is 8.46. The molecule has 0 aliphatic carbocycles. The highest BCUT2D eigenvalue weighted by molar-refractivity contribution is 6.26. The van der Waals surface area contributed by atoms with Gasteiger partial charge in [-0.15, -0.1) is 0 Å². The van der Waals surface area contributed by atoms with Crippen LogP contribution in [0.4, 0.5) is 0 Å². The van der Waals surface area contributed by atoms with Crippen molar-refractivity contribution in [1.82, 2.24) is 4.90 Å². The molecule has 2 aromatic carbocycles. The van der Waals surface area contributed by atoms with Crippen LogP contribution in [-0.4, -0.2) is 35.1 Å². The average Bonchev–Trinajstić information content (AvgIpc) is 2.92.